The summed E-state index contributed by atoms with van der Waals surface area (Å²) >= 11 is 0. The smallest absolute Gasteiger partial charge is 0.128 e. The lowest BCUT2D eigenvalue weighted by Gasteiger charge is -2.30. The minimum absolute atomic E-state index is 0.506. The van der Waals surface area contributed by atoms with Crippen molar-refractivity contribution in [2.45, 2.75) is 72.9 Å². The van der Waals surface area contributed by atoms with Crippen LogP contribution in [0.5, 0.6) is 0 Å². The third-order valence-electron chi connectivity index (χ3n) is 8.27. The maximum absolute atomic E-state index is 4.90. The lowest BCUT2D eigenvalue weighted by atomic mass is 9.85. The molecule has 1 heterocycles. The number of hydrogen-bond acceptors (Lipinski definition) is 4. The fourth-order valence-electron chi connectivity index (χ4n) is 5.57. The van der Waals surface area contributed by atoms with Crippen molar-refractivity contribution in [3.63, 3.8) is 0 Å². The van der Waals surface area contributed by atoms with E-state index in [1.807, 2.05) is 0 Å². The predicted octanol–water partition coefficient (Wildman–Crippen LogP) is 6.60. The maximum Gasteiger partial charge on any atom is 0.128 e. The molecule has 0 unspecified atom stereocenters. The van der Waals surface area contributed by atoms with Gasteiger partial charge in [0.15, 0.2) is 0 Å². The maximum atomic E-state index is 4.90. The molecule has 0 aliphatic heterocycles. The fraction of sp³-hybridized carbons (Fsp3) is 0.500. The van der Waals surface area contributed by atoms with Crippen LogP contribution >= 0.6 is 0 Å². The molecule has 2 aromatic carbocycles. The normalized spacial score (nSPS) is 18.3. The summed E-state index contributed by atoms with van der Waals surface area (Å²) in [5, 5.41) is 8.74. The highest BCUT2D eigenvalue weighted by Crippen LogP contribution is 2.31. The SMILES string of the molecule is Cc1c(C)c(C)c(CNCC2CCC(Nc3cc(N(C)C)c4ccccc4n3)CC2)c(C)c1C. The van der Waals surface area contributed by atoms with Crippen molar-refractivity contribution in [2.24, 2.45) is 5.92 Å². The number of pyridine rings is 1. The van der Waals surface area contributed by atoms with Gasteiger partial charge in [0, 0.05) is 43.8 Å². The Kier molecular flexibility index (Phi) is 7.47. The van der Waals surface area contributed by atoms with Gasteiger partial charge in [0.05, 0.1) is 5.52 Å². The zero-order valence-electron chi connectivity index (χ0n) is 22.2. The Morgan fingerprint density at radius 3 is 2.12 bits per heavy atom. The Hall–Kier alpha value is -2.59. The van der Waals surface area contributed by atoms with Crippen LogP contribution in [0.1, 0.15) is 59.1 Å². The summed E-state index contributed by atoms with van der Waals surface area (Å²) in [5.41, 5.74) is 11.0. The Morgan fingerprint density at radius 1 is 0.853 bits per heavy atom. The van der Waals surface area contributed by atoms with Crippen molar-refractivity contribution in [2.75, 3.05) is 30.9 Å². The number of anilines is 2. The van der Waals surface area contributed by atoms with Gasteiger partial charge >= 0.3 is 0 Å². The summed E-state index contributed by atoms with van der Waals surface area (Å²) in [6, 6.07) is 11.1. The third kappa shape index (κ3) is 5.07. The summed E-state index contributed by atoms with van der Waals surface area (Å²) in [5.74, 6) is 1.76. The number of nitrogens with one attached hydrogen (secondary N) is 2. The van der Waals surface area contributed by atoms with Crippen LogP contribution in [0.3, 0.4) is 0 Å². The number of rotatable bonds is 7. The van der Waals surface area contributed by atoms with Crippen LogP contribution in [-0.2, 0) is 6.54 Å². The van der Waals surface area contributed by atoms with E-state index in [1.165, 1.54) is 70.1 Å². The molecule has 1 aliphatic rings. The van der Waals surface area contributed by atoms with Crippen molar-refractivity contribution in [3.8, 4) is 0 Å². The van der Waals surface area contributed by atoms with Crippen LogP contribution in [0.2, 0.25) is 0 Å². The molecular weight excluding hydrogens is 416 g/mol. The first-order valence-electron chi connectivity index (χ1n) is 12.9. The van der Waals surface area contributed by atoms with Gasteiger partial charge in [-0.05, 0) is 112 Å². The van der Waals surface area contributed by atoms with Crippen molar-refractivity contribution in [3.05, 3.63) is 63.7 Å². The van der Waals surface area contributed by atoms with Gasteiger partial charge in [0.25, 0.3) is 0 Å². The Labute approximate surface area is 206 Å². The second-order valence-electron chi connectivity index (χ2n) is 10.5. The average Bonchev–Trinajstić information content (AvgIpc) is 2.84. The topological polar surface area (TPSA) is 40.2 Å². The molecule has 34 heavy (non-hydrogen) atoms. The third-order valence-corrected chi connectivity index (χ3v) is 8.27. The Balaban J connectivity index is 1.32. The number of fused-ring (bicyclic) bond motifs is 1. The van der Waals surface area contributed by atoms with E-state index in [9.17, 15) is 0 Å². The standard InChI is InChI=1S/C30H42N4/c1-19-20(2)22(4)27(23(5)21(19)3)18-31-17-24-12-14-25(15-13-24)32-30-16-29(34(6)7)26-10-8-9-11-28(26)33-30/h8-11,16,24-25,31H,12-15,17-18H2,1-7H3,(H,32,33). The molecule has 0 bridgehead atoms. The molecule has 0 saturated heterocycles. The highest BCUT2D eigenvalue weighted by molar-refractivity contribution is 5.93. The van der Waals surface area contributed by atoms with Gasteiger partial charge in [-0.15, -0.1) is 0 Å². The minimum Gasteiger partial charge on any atom is -0.377 e. The molecule has 0 spiro atoms. The van der Waals surface area contributed by atoms with Crippen molar-refractivity contribution >= 4 is 22.4 Å². The van der Waals surface area contributed by atoms with Crippen LogP contribution in [0.15, 0.2) is 30.3 Å². The van der Waals surface area contributed by atoms with Crippen LogP contribution < -0.4 is 15.5 Å². The number of aromatic nitrogens is 1. The quantitative estimate of drug-likeness (QED) is 0.418. The van der Waals surface area contributed by atoms with E-state index in [0.29, 0.717) is 6.04 Å². The molecule has 2 N–H and O–H groups in total. The van der Waals surface area contributed by atoms with Gasteiger partial charge in [-0.1, -0.05) is 18.2 Å². The van der Waals surface area contributed by atoms with E-state index in [1.54, 1.807) is 0 Å². The fourth-order valence-corrected chi connectivity index (χ4v) is 5.57. The van der Waals surface area contributed by atoms with Gasteiger partial charge in [0.1, 0.15) is 5.82 Å². The van der Waals surface area contributed by atoms with Crippen LogP contribution in [0, 0.1) is 40.5 Å². The van der Waals surface area contributed by atoms with Crippen molar-refractivity contribution in [1.82, 2.24) is 10.3 Å². The summed E-state index contributed by atoms with van der Waals surface area (Å²) in [6.45, 7) is 13.4. The zero-order valence-corrected chi connectivity index (χ0v) is 22.2. The zero-order chi connectivity index (χ0) is 24.4. The molecule has 3 aromatic rings. The van der Waals surface area contributed by atoms with Crippen molar-refractivity contribution < 1.29 is 0 Å². The highest BCUT2D eigenvalue weighted by Gasteiger charge is 2.22. The minimum atomic E-state index is 0.506. The summed E-state index contributed by atoms with van der Waals surface area (Å²) in [7, 11) is 4.21. The lowest BCUT2D eigenvalue weighted by molar-refractivity contribution is 0.324. The second-order valence-corrected chi connectivity index (χ2v) is 10.5. The molecule has 1 aromatic heterocycles. The molecule has 0 atom stereocenters. The van der Waals surface area contributed by atoms with Crippen LogP contribution in [0.4, 0.5) is 11.5 Å². The first-order chi connectivity index (χ1) is 16.3. The molecule has 0 amide bonds. The Bertz CT molecular complexity index is 1130. The molecule has 182 valence electrons. The number of para-hydroxylation sites is 1. The molecule has 1 aliphatic carbocycles. The predicted molar refractivity (Wildman–Crippen MR) is 147 cm³/mol. The van der Waals surface area contributed by atoms with E-state index >= 15 is 0 Å². The summed E-state index contributed by atoms with van der Waals surface area (Å²) in [4.78, 5) is 7.08. The van der Waals surface area contributed by atoms with Crippen LogP contribution in [0.25, 0.3) is 10.9 Å². The molecular formula is C30H42N4. The number of nitrogens with zero attached hydrogens (tertiary/aromatic N) is 2. The van der Waals surface area contributed by atoms with Gasteiger partial charge in [-0.25, -0.2) is 4.98 Å². The van der Waals surface area contributed by atoms with E-state index in [2.05, 4.69) is 94.6 Å². The molecule has 4 heteroatoms. The molecule has 1 fully saturated rings. The second kappa shape index (κ2) is 10.4. The average molecular weight is 459 g/mol. The molecule has 4 nitrogen and oxygen atoms in total. The number of hydrogen-bond donors (Lipinski definition) is 2. The molecule has 1 saturated carbocycles. The van der Waals surface area contributed by atoms with E-state index < -0.39 is 0 Å². The van der Waals surface area contributed by atoms with Gasteiger partial charge in [-0.3, -0.25) is 0 Å². The van der Waals surface area contributed by atoms with E-state index in [-0.39, 0.29) is 0 Å². The number of benzene rings is 2. The Morgan fingerprint density at radius 2 is 1.47 bits per heavy atom. The first kappa shape index (κ1) is 24.5. The highest BCUT2D eigenvalue weighted by atomic mass is 15.1. The van der Waals surface area contributed by atoms with E-state index in [4.69, 9.17) is 4.98 Å². The summed E-state index contributed by atoms with van der Waals surface area (Å²) < 4.78 is 0. The van der Waals surface area contributed by atoms with Gasteiger partial charge < -0.3 is 15.5 Å². The first-order valence-corrected chi connectivity index (χ1v) is 12.9. The van der Waals surface area contributed by atoms with Crippen LogP contribution in [-0.4, -0.2) is 31.7 Å². The monoisotopic (exact) mass is 458 g/mol. The molecule has 4 rings (SSSR count). The molecule has 0 radical (unpaired) electrons. The van der Waals surface area contributed by atoms with Gasteiger partial charge in [-0.2, -0.15) is 0 Å². The van der Waals surface area contributed by atoms with E-state index in [0.717, 1.165) is 30.3 Å². The van der Waals surface area contributed by atoms with Gasteiger partial charge in [0.2, 0.25) is 0 Å². The van der Waals surface area contributed by atoms with Crippen molar-refractivity contribution in [1.29, 1.82) is 0 Å². The lowest BCUT2D eigenvalue weighted by Crippen LogP contribution is -2.31. The summed E-state index contributed by atoms with van der Waals surface area (Å²) in [6.07, 6.45) is 4.95. The largest absolute Gasteiger partial charge is 0.377 e.